The fourth-order valence-electron chi connectivity index (χ4n) is 3.67. The van der Waals surface area contributed by atoms with Crippen LogP contribution in [0.15, 0.2) is 18.2 Å². The average Bonchev–Trinajstić information content (AvgIpc) is 2.90. The van der Waals surface area contributed by atoms with Crippen LogP contribution in [0, 0.1) is 5.92 Å². The molecule has 1 aromatic rings. The third-order valence-electron chi connectivity index (χ3n) is 5.39. The molecule has 0 aromatic heterocycles. The van der Waals surface area contributed by atoms with Crippen molar-refractivity contribution >= 4 is 17.5 Å². The van der Waals surface area contributed by atoms with Crippen molar-refractivity contribution in [2.45, 2.75) is 57.2 Å². The number of carbonyl (C=O) groups excluding carboxylic acids is 2. The van der Waals surface area contributed by atoms with Crippen molar-refractivity contribution in [2.75, 3.05) is 11.9 Å². The number of fused-ring (bicyclic) bond motifs is 1. The minimum atomic E-state index is -0.648. The molecule has 1 aliphatic heterocycles. The Morgan fingerprint density at radius 1 is 1.00 bits per heavy atom. The second-order valence-electron chi connectivity index (χ2n) is 7.30. The van der Waals surface area contributed by atoms with Crippen LogP contribution in [0.4, 0.5) is 5.69 Å². The summed E-state index contributed by atoms with van der Waals surface area (Å²) in [7, 11) is 0. The molecule has 2 fully saturated rings. The minimum absolute atomic E-state index is 0.522. The molecular formula is C19H24N2O4. The lowest BCUT2D eigenvalue weighted by molar-refractivity contribution is -0.136. The standard InChI is InChI=1S/C19H24N2O4/c22-17(20-12-13-5-4-6-13)18(23)21-14-7-8-15-16(11-14)25-19(24-15)9-2-1-3-10-19/h7-8,11,13H,1-6,9-10,12H2,(H,20,22)(H,21,23). The van der Waals surface area contributed by atoms with Gasteiger partial charge in [0.05, 0.1) is 0 Å². The molecule has 6 heteroatoms. The highest BCUT2D eigenvalue weighted by molar-refractivity contribution is 6.39. The monoisotopic (exact) mass is 344 g/mol. The van der Waals surface area contributed by atoms with E-state index in [1.807, 2.05) is 0 Å². The van der Waals surface area contributed by atoms with Gasteiger partial charge >= 0.3 is 11.8 Å². The molecule has 0 atom stereocenters. The summed E-state index contributed by atoms with van der Waals surface area (Å²) in [6, 6.07) is 5.26. The molecule has 6 nitrogen and oxygen atoms in total. The van der Waals surface area contributed by atoms with E-state index in [9.17, 15) is 9.59 Å². The first kappa shape index (κ1) is 16.2. The summed E-state index contributed by atoms with van der Waals surface area (Å²) in [5, 5.41) is 5.33. The first-order valence-electron chi connectivity index (χ1n) is 9.25. The Morgan fingerprint density at radius 2 is 1.76 bits per heavy atom. The number of amides is 2. The van der Waals surface area contributed by atoms with E-state index in [1.54, 1.807) is 18.2 Å². The van der Waals surface area contributed by atoms with Gasteiger partial charge in [-0.15, -0.1) is 0 Å². The van der Waals surface area contributed by atoms with Gasteiger partial charge in [-0.2, -0.15) is 0 Å². The lowest BCUT2D eigenvalue weighted by Gasteiger charge is -2.31. The fraction of sp³-hybridized carbons (Fsp3) is 0.579. The van der Waals surface area contributed by atoms with E-state index in [0.717, 1.165) is 38.5 Å². The Balaban J connectivity index is 1.35. The smallest absolute Gasteiger partial charge is 0.313 e. The number of ether oxygens (including phenoxy) is 2. The molecule has 1 heterocycles. The maximum Gasteiger partial charge on any atom is 0.313 e. The van der Waals surface area contributed by atoms with Gasteiger partial charge in [0.25, 0.3) is 5.79 Å². The van der Waals surface area contributed by atoms with Gasteiger partial charge in [0, 0.05) is 31.1 Å². The summed E-state index contributed by atoms with van der Waals surface area (Å²) >= 11 is 0. The Kier molecular flexibility index (Phi) is 4.27. The maximum atomic E-state index is 12.0. The van der Waals surface area contributed by atoms with Gasteiger partial charge in [0.1, 0.15) is 0 Å². The van der Waals surface area contributed by atoms with E-state index in [0.29, 0.717) is 29.6 Å². The van der Waals surface area contributed by atoms with Crippen molar-refractivity contribution in [2.24, 2.45) is 5.92 Å². The van der Waals surface area contributed by atoms with Crippen molar-refractivity contribution < 1.29 is 19.1 Å². The topological polar surface area (TPSA) is 76.7 Å². The molecule has 1 spiro atoms. The molecule has 4 rings (SSSR count). The zero-order valence-corrected chi connectivity index (χ0v) is 14.3. The Morgan fingerprint density at radius 3 is 2.48 bits per heavy atom. The van der Waals surface area contributed by atoms with E-state index in [4.69, 9.17) is 9.47 Å². The Bertz CT molecular complexity index is 678. The molecule has 3 aliphatic rings. The molecule has 134 valence electrons. The predicted molar refractivity (Wildman–Crippen MR) is 92.5 cm³/mol. The summed E-state index contributed by atoms with van der Waals surface area (Å²) in [5.74, 6) is 0.0837. The lowest BCUT2D eigenvalue weighted by Crippen LogP contribution is -2.40. The second-order valence-corrected chi connectivity index (χ2v) is 7.30. The lowest BCUT2D eigenvalue weighted by atomic mass is 9.85. The highest BCUT2D eigenvalue weighted by atomic mass is 16.7. The molecule has 0 unspecified atom stereocenters. The largest absolute Gasteiger partial charge is 0.448 e. The molecular weight excluding hydrogens is 320 g/mol. The fourth-order valence-corrected chi connectivity index (χ4v) is 3.67. The van der Waals surface area contributed by atoms with Crippen LogP contribution in [0.1, 0.15) is 51.4 Å². The molecule has 0 bridgehead atoms. The van der Waals surface area contributed by atoms with E-state index in [2.05, 4.69) is 10.6 Å². The summed E-state index contributed by atoms with van der Waals surface area (Å²) in [6.07, 6.45) is 8.64. The highest BCUT2D eigenvalue weighted by Crippen LogP contribution is 2.46. The van der Waals surface area contributed by atoms with Crippen LogP contribution in [0.5, 0.6) is 11.5 Å². The molecule has 2 aliphatic carbocycles. The normalized spacial score (nSPS) is 20.8. The molecule has 2 N–H and O–H groups in total. The first-order chi connectivity index (χ1) is 12.1. The summed E-state index contributed by atoms with van der Waals surface area (Å²) in [5.41, 5.74) is 0.541. The number of anilines is 1. The number of hydrogen-bond acceptors (Lipinski definition) is 4. The number of hydrogen-bond donors (Lipinski definition) is 2. The number of benzene rings is 1. The molecule has 0 saturated heterocycles. The molecule has 2 amide bonds. The Hall–Kier alpha value is -2.24. The van der Waals surface area contributed by atoms with E-state index < -0.39 is 17.6 Å². The van der Waals surface area contributed by atoms with Crippen molar-refractivity contribution in [3.05, 3.63) is 18.2 Å². The van der Waals surface area contributed by atoms with Crippen LogP contribution in [-0.4, -0.2) is 24.1 Å². The van der Waals surface area contributed by atoms with Crippen molar-refractivity contribution in [3.63, 3.8) is 0 Å². The molecule has 2 saturated carbocycles. The van der Waals surface area contributed by atoms with Crippen LogP contribution >= 0.6 is 0 Å². The maximum absolute atomic E-state index is 12.0. The van der Waals surface area contributed by atoms with E-state index in [-0.39, 0.29) is 0 Å². The molecule has 1 aromatic carbocycles. The zero-order chi connectivity index (χ0) is 17.3. The van der Waals surface area contributed by atoms with Crippen molar-refractivity contribution in [1.29, 1.82) is 0 Å². The summed E-state index contributed by atoms with van der Waals surface area (Å²) in [6.45, 7) is 0.579. The van der Waals surface area contributed by atoms with E-state index >= 15 is 0 Å². The van der Waals surface area contributed by atoms with Crippen LogP contribution in [-0.2, 0) is 9.59 Å². The van der Waals surface area contributed by atoms with Crippen molar-refractivity contribution in [3.8, 4) is 11.5 Å². The third kappa shape index (κ3) is 3.43. The Labute approximate surface area is 147 Å². The second kappa shape index (κ2) is 6.58. The van der Waals surface area contributed by atoms with Gasteiger partial charge < -0.3 is 20.1 Å². The minimum Gasteiger partial charge on any atom is -0.448 e. The van der Waals surface area contributed by atoms with Crippen LogP contribution in [0.25, 0.3) is 0 Å². The van der Waals surface area contributed by atoms with Crippen LogP contribution in [0.2, 0.25) is 0 Å². The van der Waals surface area contributed by atoms with E-state index in [1.165, 1.54) is 12.8 Å². The summed E-state index contributed by atoms with van der Waals surface area (Å²) in [4.78, 5) is 23.9. The van der Waals surface area contributed by atoms with Crippen LogP contribution in [0.3, 0.4) is 0 Å². The van der Waals surface area contributed by atoms with Gasteiger partial charge in [-0.05, 0) is 43.7 Å². The summed E-state index contributed by atoms with van der Waals surface area (Å²) < 4.78 is 12.1. The number of carbonyl (C=O) groups is 2. The number of nitrogens with one attached hydrogen (secondary N) is 2. The van der Waals surface area contributed by atoms with Crippen molar-refractivity contribution in [1.82, 2.24) is 5.32 Å². The molecule has 0 radical (unpaired) electrons. The van der Waals surface area contributed by atoms with Gasteiger partial charge in [-0.1, -0.05) is 12.8 Å². The van der Waals surface area contributed by atoms with Crippen LogP contribution < -0.4 is 20.1 Å². The highest BCUT2D eigenvalue weighted by Gasteiger charge is 2.42. The van der Waals surface area contributed by atoms with Gasteiger partial charge in [0.15, 0.2) is 11.5 Å². The predicted octanol–water partition coefficient (Wildman–Crippen LogP) is 2.97. The molecule has 25 heavy (non-hydrogen) atoms. The number of rotatable bonds is 3. The van der Waals surface area contributed by atoms with Gasteiger partial charge in [0.2, 0.25) is 0 Å². The van der Waals surface area contributed by atoms with Gasteiger partial charge in [-0.3, -0.25) is 9.59 Å². The first-order valence-corrected chi connectivity index (χ1v) is 9.25. The third-order valence-corrected chi connectivity index (χ3v) is 5.39. The quantitative estimate of drug-likeness (QED) is 0.827. The zero-order valence-electron chi connectivity index (χ0n) is 14.3. The SMILES string of the molecule is O=C(NCC1CCC1)C(=O)Nc1ccc2c(c1)OC1(CCCCC1)O2. The average molecular weight is 344 g/mol. The van der Waals surface area contributed by atoms with Gasteiger partial charge in [-0.25, -0.2) is 0 Å².